The van der Waals surface area contributed by atoms with E-state index in [-0.39, 0.29) is 5.41 Å². The van der Waals surface area contributed by atoms with E-state index in [0.29, 0.717) is 34.0 Å². The lowest BCUT2D eigenvalue weighted by Gasteiger charge is -2.22. The summed E-state index contributed by atoms with van der Waals surface area (Å²) in [6.07, 6.45) is 0.856. The molecule has 0 aliphatic rings. The normalized spacial score (nSPS) is 11.3. The number of rotatable bonds is 4. The van der Waals surface area contributed by atoms with E-state index < -0.39 is 6.09 Å². The molecule has 0 saturated heterocycles. The number of amides is 1. The van der Waals surface area contributed by atoms with Gasteiger partial charge in [0.1, 0.15) is 5.75 Å². The molecule has 3 rings (SSSR count). The maximum absolute atomic E-state index is 11.2. The van der Waals surface area contributed by atoms with Crippen LogP contribution in [0.25, 0.3) is 22.3 Å². The SMILES string of the molecule is COc1cc2ncc(-c3ccc(OC(N)=O)c(C(C)(C)C)c3)nc2cc1OC. The van der Waals surface area contributed by atoms with Crippen LogP contribution >= 0.6 is 0 Å². The molecule has 0 radical (unpaired) electrons. The third kappa shape index (κ3) is 3.83. The van der Waals surface area contributed by atoms with E-state index in [1.807, 2.05) is 32.9 Å². The van der Waals surface area contributed by atoms with Gasteiger partial charge in [0.05, 0.1) is 37.1 Å². The fourth-order valence-corrected chi connectivity index (χ4v) is 2.95. The second-order valence-electron chi connectivity index (χ2n) is 7.33. The topological polar surface area (TPSA) is 96.6 Å². The fourth-order valence-electron chi connectivity index (χ4n) is 2.95. The van der Waals surface area contributed by atoms with Crippen molar-refractivity contribution in [1.29, 1.82) is 0 Å². The highest BCUT2D eigenvalue weighted by Gasteiger charge is 2.21. The number of primary amides is 1. The first-order chi connectivity index (χ1) is 13.2. The van der Waals surface area contributed by atoms with Gasteiger partial charge in [-0.25, -0.2) is 9.78 Å². The molecule has 0 aliphatic heterocycles. The van der Waals surface area contributed by atoms with E-state index in [9.17, 15) is 4.79 Å². The predicted octanol–water partition coefficient (Wildman–Crippen LogP) is 4.07. The molecule has 7 nitrogen and oxygen atoms in total. The van der Waals surface area contributed by atoms with Crippen molar-refractivity contribution >= 4 is 17.1 Å². The van der Waals surface area contributed by atoms with Crippen LogP contribution in [0.3, 0.4) is 0 Å². The number of ether oxygens (including phenoxy) is 3. The molecular weight excluding hydrogens is 358 g/mol. The Labute approximate surface area is 163 Å². The van der Waals surface area contributed by atoms with Crippen molar-refractivity contribution in [2.45, 2.75) is 26.2 Å². The number of hydrogen-bond donors (Lipinski definition) is 1. The summed E-state index contributed by atoms with van der Waals surface area (Å²) < 4.78 is 15.8. The summed E-state index contributed by atoms with van der Waals surface area (Å²) in [5.74, 6) is 1.62. The first-order valence-corrected chi connectivity index (χ1v) is 8.74. The summed E-state index contributed by atoms with van der Waals surface area (Å²) in [5.41, 5.74) is 8.71. The molecule has 0 saturated carbocycles. The molecule has 146 valence electrons. The Balaban J connectivity index is 2.12. The smallest absolute Gasteiger partial charge is 0.409 e. The molecule has 0 bridgehead atoms. The van der Waals surface area contributed by atoms with E-state index in [4.69, 9.17) is 24.9 Å². The number of methoxy groups -OCH3 is 2. The Morgan fingerprint density at radius 3 is 2.18 bits per heavy atom. The highest BCUT2D eigenvalue weighted by Crippen LogP contribution is 2.36. The van der Waals surface area contributed by atoms with Crippen LogP contribution in [0.15, 0.2) is 36.5 Å². The number of hydrogen-bond acceptors (Lipinski definition) is 6. The first kappa shape index (κ1) is 19.4. The van der Waals surface area contributed by atoms with Crippen LogP contribution in [-0.2, 0) is 5.41 Å². The van der Waals surface area contributed by atoms with Crippen LogP contribution in [0.2, 0.25) is 0 Å². The van der Waals surface area contributed by atoms with E-state index in [1.54, 1.807) is 38.6 Å². The second kappa shape index (κ2) is 7.34. The van der Waals surface area contributed by atoms with Crippen LogP contribution in [0.1, 0.15) is 26.3 Å². The zero-order valence-electron chi connectivity index (χ0n) is 16.6. The highest BCUT2D eigenvalue weighted by atomic mass is 16.5. The lowest BCUT2D eigenvalue weighted by atomic mass is 9.85. The average Bonchev–Trinajstić information content (AvgIpc) is 2.65. The molecular formula is C21H23N3O4. The van der Waals surface area contributed by atoms with Crippen molar-refractivity contribution < 1.29 is 19.0 Å². The van der Waals surface area contributed by atoms with Crippen LogP contribution in [0.4, 0.5) is 4.79 Å². The van der Waals surface area contributed by atoms with Gasteiger partial charge in [-0.1, -0.05) is 20.8 Å². The lowest BCUT2D eigenvalue weighted by Crippen LogP contribution is -2.20. The lowest BCUT2D eigenvalue weighted by molar-refractivity contribution is 0.210. The molecule has 1 aromatic heterocycles. The van der Waals surface area contributed by atoms with Crippen LogP contribution in [-0.4, -0.2) is 30.3 Å². The molecule has 3 aromatic rings. The monoisotopic (exact) mass is 381 g/mol. The van der Waals surface area contributed by atoms with Gasteiger partial charge in [0, 0.05) is 23.3 Å². The van der Waals surface area contributed by atoms with Crippen molar-refractivity contribution in [3.8, 4) is 28.5 Å². The summed E-state index contributed by atoms with van der Waals surface area (Å²) in [6.45, 7) is 6.09. The summed E-state index contributed by atoms with van der Waals surface area (Å²) in [6, 6.07) is 9.06. The molecule has 0 unspecified atom stereocenters. The van der Waals surface area contributed by atoms with Gasteiger partial charge in [0.2, 0.25) is 0 Å². The van der Waals surface area contributed by atoms with Gasteiger partial charge in [-0.15, -0.1) is 0 Å². The number of nitrogens with two attached hydrogens (primary N) is 1. The van der Waals surface area contributed by atoms with Gasteiger partial charge in [0.25, 0.3) is 0 Å². The number of aromatic nitrogens is 2. The van der Waals surface area contributed by atoms with E-state index in [2.05, 4.69) is 4.98 Å². The Morgan fingerprint density at radius 1 is 0.964 bits per heavy atom. The Kier molecular flexibility index (Phi) is 5.09. The largest absolute Gasteiger partial charge is 0.493 e. The zero-order chi connectivity index (χ0) is 20.5. The molecule has 7 heteroatoms. The Hall–Kier alpha value is -3.35. The summed E-state index contributed by atoms with van der Waals surface area (Å²) >= 11 is 0. The minimum atomic E-state index is -0.843. The molecule has 1 heterocycles. The maximum atomic E-state index is 11.2. The molecule has 2 N–H and O–H groups in total. The molecule has 0 spiro atoms. The van der Waals surface area contributed by atoms with E-state index in [0.717, 1.165) is 11.1 Å². The van der Waals surface area contributed by atoms with Crippen molar-refractivity contribution in [2.75, 3.05) is 14.2 Å². The minimum Gasteiger partial charge on any atom is -0.493 e. The summed E-state index contributed by atoms with van der Waals surface area (Å²) in [5, 5.41) is 0. The van der Waals surface area contributed by atoms with Gasteiger partial charge in [0.15, 0.2) is 11.5 Å². The number of carbonyl (C=O) groups excluding carboxylic acids is 1. The average molecular weight is 381 g/mol. The number of benzene rings is 2. The second-order valence-corrected chi connectivity index (χ2v) is 7.33. The molecule has 2 aromatic carbocycles. The highest BCUT2D eigenvalue weighted by molar-refractivity contribution is 5.81. The van der Waals surface area contributed by atoms with Crippen LogP contribution in [0.5, 0.6) is 17.2 Å². The minimum absolute atomic E-state index is 0.262. The molecule has 1 amide bonds. The number of carbonyl (C=O) groups is 1. The molecule has 0 atom stereocenters. The molecule has 0 fully saturated rings. The van der Waals surface area contributed by atoms with Gasteiger partial charge in [-0.3, -0.25) is 4.98 Å². The van der Waals surface area contributed by atoms with E-state index >= 15 is 0 Å². The first-order valence-electron chi connectivity index (χ1n) is 8.74. The van der Waals surface area contributed by atoms with Crippen LogP contribution in [0, 0.1) is 0 Å². The Morgan fingerprint density at radius 2 is 1.61 bits per heavy atom. The molecule has 28 heavy (non-hydrogen) atoms. The van der Waals surface area contributed by atoms with E-state index in [1.165, 1.54) is 0 Å². The van der Waals surface area contributed by atoms with Crippen molar-refractivity contribution in [2.24, 2.45) is 5.73 Å². The van der Waals surface area contributed by atoms with Crippen molar-refractivity contribution in [3.63, 3.8) is 0 Å². The standard InChI is InChI=1S/C21H23N3O4/c1-21(2,3)13-8-12(6-7-17(13)28-20(22)25)16-11-23-14-9-18(26-4)19(27-5)10-15(14)24-16/h6-11H,1-5H3,(H2,22,25). The predicted molar refractivity (Wildman–Crippen MR) is 107 cm³/mol. The summed E-state index contributed by atoms with van der Waals surface area (Å²) in [7, 11) is 3.16. The van der Waals surface area contributed by atoms with Gasteiger partial charge in [-0.05, 0) is 23.6 Å². The summed E-state index contributed by atoms with van der Waals surface area (Å²) in [4.78, 5) is 20.4. The third-order valence-electron chi connectivity index (χ3n) is 4.34. The molecule has 0 aliphatic carbocycles. The van der Waals surface area contributed by atoms with Gasteiger partial charge < -0.3 is 19.9 Å². The number of nitrogens with zero attached hydrogens (tertiary/aromatic N) is 2. The zero-order valence-corrected chi connectivity index (χ0v) is 16.6. The van der Waals surface area contributed by atoms with Gasteiger partial charge in [-0.2, -0.15) is 0 Å². The Bertz CT molecular complexity index is 1040. The maximum Gasteiger partial charge on any atom is 0.409 e. The fraction of sp³-hybridized carbons (Fsp3) is 0.286. The quantitative estimate of drug-likeness (QED) is 0.732. The van der Waals surface area contributed by atoms with Crippen molar-refractivity contribution in [1.82, 2.24) is 9.97 Å². The van der Waals surface area contributed by atoms with Crippen molar-refractivity contribution in [3.05, 3.63) is 42.1 Å². The third-order valence-corrected chi connectivity index (χ3v) is 4.34. The number of fused-ring (bicyclic) bond motifs is 1. The van der Waals surface area contributed by atoms with Gasteiger partial charge >= 0.3 is 6.09 Å². The van der Waals surface area contributed by atoms with Crippen LogP contribution < -0.4 is 19.9 Å².